The summed E-state index contributed by atoms with van der Waals surface area (Å²) in [4.78, 5) is 11.1. The summed E-state index contributed by atoms with van der Waals surface area (Å²) in [5.41, 5.74) is -0.217. The zero-order valence-corrected chi connectivity index (χ0v) is 12.4. The van der Waals surface area contributed by atoms with Crippen molar-refractivity contribution in [3.8, 4) is 0 Å². The number of aliphatic hydroxyl groups excluding tert-OH is 1. The Labute approximate surface area is 124 Å². The van der Waals surface area contributed by atoms with Crippen molar-refractivity contribution in [1.82, 2.24) is 4.31 Å². The van der Waals surface area contributed by atoms with Crippen LogP contribution in [0.15, 0.2) is 29.2 Å². The second-order valence-corrected chi connectivity index (χ2v) is 6.94. The number of sulfonamides is 1. The highest BCUT2D eigenvalue weighted by molar-refractivity contribution is 7.89. The quantitative estimate of drug-likeness (QED) is 0.791. The van der Waals surface area contributed by atoms with Crippen LogP contribution in [0.1, 0.15) is 36.0 Å². The van der Waals surface area contributed by atoms with Crippen LogP contribution in [0, 0.1) is 0 Å². The van der Waals surface area contributed by atoms with Crippen LogP contribution in [0.2, 0.25) is 0 Å². The largest absolute Gasteiger partial charge is 0.478 e. The molecule has 0 spiro atoms. The van der Waals surface area contributed by atoms with Gasteiger partial charge in [-0.05, 0) is 31.4 Å². The third kappa shape index (κ3) is 3.25. The molecule has 1 fully saturated rings. The van der Waals surface area contributed by atoms with E-state index in [1.54, 1.807) is 0 Å². The van der Waals surface area contributed by atoms with Crippen molar-refractivity contribution in [2.75, 3.05) is 13.2 Å². The van der Waals surface area contributed by atoms with Crippen molar-refractivity contribution < 1.29 is 23.4 Å². The maximum Gasteiger partial charge on any atom is 0.337 e. The van der Waals surface area contributed by atoms with Crippen molar-refractivity contribution in [2.24, 2.45) is 0 Å². The molecule has 1 aromatic rings. The molecule has 6 nitrogen and oxygen atoms in total. The van der Waals surface area contributed by atoms with Crippen LogP contribution in [0.4, 0.5) is 0 Å². The number of hydrogen-bond donors (Lipinski definition) is 2. The van der Waals surface area contributed by atoms with E-state index < -0.39 is 16.0 Å². The summed E-state index contributed by atoms with van der Waals surface area (Å²) in [6, 6.07) is 5.54. The third-order valence-electron chi connectivity index (χ3n) is 3.72. The van der Waals surface area contributed by atoms with E-state index in [0.717, 1.165) is 19.3 Å². The molecule has 0 amide bonds. The highest BCUT2D eigenvalue weighted by Crippen LogP contribution is 2.31. The van der Waals surface area contributed by atoms with Gasteiger partial charge >= 0.3 is 5.97 Å². The van der Waals surface area contributed by atoms with Crippen molar-refractivity contribution in [1.29, 1.82) is 0 Å². The summed E-state index contributed by atoms with van der Waals surface area (Å²) >= 11 is 0. The molecule has 0 radical (unpaired) electrons. The average molecular weight is 313 g/mol. The van der Waals surface area contributed by atoms with Crippen LogP contribution < -0.4 is 0 Å². The molecule has 1 aliphatic carbocycles. The number of carboxylic acids is 1. The molecule has 1 aliphatic rings. The molecule has 0 unspecified atom stereocenters. The number of nitrogens with zero attached hydrogens (tertiary/aromatic N) is 1. The first-order valence-electron chi connectivity index (χ1n) is 6.93. The third-order valence-corrected chi connectivity index (χ3v) is 5.73. The Bertz CT molecular complexity index is 610. The van der Waals surface area contributed by atoms with Crippen molar-refractivity contribution in [3.05, 3.63) is 29.8 Å². The molecule has 0 aliphatic heterocycles. The fourth-order valence-electron chi connectivity index (χ4n) is 2.39. The predicted octanol–water partition coefficient (Wildman–Crippen LogP) is 1.31. The molecule has 116 valence electrons. The normalized spacial score (nSPS) is 15.9. The first-order chi connectivity index (χ1) is 9.98. The van der Waals surface area contributed by atoms with Gasteiger partial charge in [0.25, 0.3) is 0 Å². The van der Waals surface area contributed by atoms with Gasteiger partial charge in [0, 0.05) is 19.2 Å². The number of aliphatic hydroxyl groups is 1. The van der Waals surface area contributed by atoms with E-state index in [1.807, 2.05) is 0 Å². The van der Waals surface area contributed by atoms with Crippen LogP contribution in [0.25, 0.3) is 0 Å². The number of hydrogen-bond acceptors (Lipinski definition) is 4. The van der Waals surface area contributed by atoms with Crippen LogP contribution in [0.5, 0.6) is 0 Å². The Kier molecular flexibility index (Phi) is 4.97. The molecule has 0 bridgehead atoms. The second-order valence-electron chi connectivity index (χ2n) is 5.08. The lowest BCUT2D eigenvalue weighted by molar-refractivity contribution is 0.0692. The molecule has 2 rings (SSSR count). The second kappa shape index (κ2) is 6.55. The van der Waals surface area contributed by atoms with Crippen molar-refractivity contribution in [3.63, 3.8) is 0 Å². The van der Waals surface area contributed by atoms with Crippen molar-refractivity contribution in [2.45, 2.75) is 36.6 Å². The molecule has 21 heavy (non-hydrogen) atoms. The number of benzene rings is 1. The number of carbonyl (C=O) groups is 1. The Hall–Kier alpha value is -1.44. The molecule has 0 heterocycles. The van der Waals surface area contributed by atoms with Gasteiger partial charge in [0.2, 0.25) is 10.0 Å². The van der Waals surface area contributed by atoms with Crippen LogP contribution in [-0.4, -0.2) is 48.1 Å². The van der Waals surface area contributed by atoms with Gasteiger partial charge in [-0.2, -0.15) is 4.31 Å². The maximum atomic E-state index is 12.8. The highest BCUT2D eigenvalue weighted by Gasteiger charge is 2.36. The summed E-state index contributed by atoms with van der Waals surface area (Å²) in [5, 5.41) is 18.1. The summed E-state index contributed by atoms with van der Waals surface area (Å²) < 4.78 is 26.9. The average Bonchev–Trinajstić information content (AvgIpc) is 2.41. The van der Waals surface area contributed by atoms with Crippen LogP contribution >= 0.6 is 0 Å². The molecule has 7 heteroatoms. The number of rotatable bonds is 7. The van der Waals surface area contributed by atoms with E-state index in [-0.39, 0.29) is 29.7 Å². The molecule has 1 saturated carbocycles. The number of aromatic carboxylic acids is 1. The smallest absolute Gasteiger partial charge is 0.337 e. The van der Waals surface area contributed by atoms with Gasteiger partial charge in [-0.15, -0.1) is 0 Å². The predicted molar refractivity (Wildman–Crippen MR) is 76.6 cm³/mol. The first kappa shape index (κ1) is 15.9. The molecule has 2 N–H and O–H groups in total. The Morgan fingerprint density at radius 2 is 1.95 bits per heavy atom. The molecular weight excluding hydrogens is 294 g/mol. The van der Waals surface area contributed by atoms with Gasteiger partial charge in [0.05, 0.1) is 10.5 Å². The van der Waals surface area contributed by atoms with Gasteiger partial charge in [0.15, 0.2) is 0 Å². The monoisotopic (exact) mass is 313 g/mol. The minimum atomic E-state index is -3.87. The van der Waals surface area contributed by atoms with Gasteiger partial charge in [-0.1, -0.05) is 18.6 Å². The standard InChI is InChI=1S/C14H19NO5S/c16-10-4-9-15(11-5-3-6-11)21(19,20)13-8-2-1-7-12(13)14(17)18/h1-2,7-8,11,16H,3-6,9-10H2,(H,17,18). The topological polar surface area (TPSA) is 94.9 Å². The van der Waals surface area contributed by atoms with E-state index in [9.17, 15) is 18.3 Å². The number of carboxylic acid groups (broad SMARTS) is 1. The molecule has 0 saturated heterocycles. The highest BCUT2D eigenvalue weighted by atomic mass is 32.2. The van der Waals surface area contributed by atoms with E-state index in [2.05, 4.69) is 0 Å². The van der Waals surface area contributed by atoms with E-state index >= 15 is 0 Å². The lowest BCUT2D eigenvalue weighted by atomic mass is 9.93. The van der Waals surface area contributed by atoms with E-state index in [1.165, 1.54) is 28.6 Å². The molecular formula is C14H19NO5S. The summed E-state index contributed by atoms with van der Waals surface area (Å²) in [6.07, 6.45) is 2.86. The Morgan fingerprint density at radius 1 is 1.29 bits per heavy atom. The zero-order chi connectivity index (χ0) is 15.5. The minimum absolute atomic E-state index is 0.0941. The first-order valence-corrected chi connectivity index (χ1v) is 8.37. The summed E-state index contributed by atoms with van der Waals surface area (Å²) in [6.45, 7) is 0.108. The molecule has 0 atom stereocenters. The summed E-state index contributed by atoms with van der Waals surface area (Å²) in [7, 11) is -3.87. The molecule has 1 aromatic carbocycles. The van der Waals surface area contributed by atoms with Gasteiger partial charge in [-0.3, -0.25) is 0 Å². The molecule has 0 aromatic heterocycles. The lowest BCUT2D eigenvalue weighted by Crippen LogP contribution is -2.45. The minimum Gasteiger partial charge on any atom is -0.478 e. The zero-order valence-electron chi connectivity index (χ0n) is 11.6. The fraction of sp³-hybridized carbons (Fsp3) is 0.500. The Morgan fingerprint density at radius 3 is 2.48 bits per heavy atom. The van der Waals surface area contributed by atoms with Gasteiger partial charge < -0.3 is 10.2 Å². The van der Waals surface area contributed by atoms with E-state index in [0.29, 0.717) is 6.42 Å². The Balaban J connectivity index is 2.40. The van der Waals surface area contributed by atoms with Crippen molar-refractivity contribution >= 4 is 16.0 Å². The van der Waals surface area contributed by atoms with E-state index in [4.69, 9.17) is 5.11 Å². The summed E-state index contributed by atoms with van der Waals surface area (Å²) in [5.74, 6) is -1.26. The maximum absolute atomic E-state index is 12.8. The fourth-order valence-corrected chi connectivity index (χ4v) is 4.30. The van der Waals surface area contributed by atoms with Crippen LogP contribution in [0.3, 0.4) is 0 Å². The SMILES string of the molecule is O=C(O)c1ccccc1S(=O)(=O)N(CCCO)C1CCC1. The van der Waals surface area contributed by atoms with Gasteiger partial charge in [0.1, 0.15) is 0 Å². The van der Waals surface area contributed by atoms with Gasteiger partial charge in [-0.25, -0.2) is 13.2 Å². The van der Waals surface area contributed by atoms with Crippen LogP contribution in [-0.2, 0) is 10.0 Å². The lowest BCUT2D eigenvalue weighted by Gasteiger charge is -2.36.